The second-order valence-electron chi connectivity index (χ2n) is 5.04. The molecule has 108 valence electrons. The van der Waals surface area contributed by atoms with Gasteiger partial charge in [0.05, 0.1) is 6.07 Å². The van der Waals surface area contributed by atoms with Crippen molar-refractivity contribution in [3.63, 3.8) is 0 Å². The lowest BCUT2D eigenvalue weighted by molar-refractivity contribution is 0.657. The van der Waals surface area contributed by atoms with E-state index in [0.717, 1.165) is 22.5 Å². The highest BCUT2D eigenvalue weighted by Gasteiger charge is 2.27. The zero-order valence-corrected chi connectivity index (χ0v) is 13.2. The molecule has 0 radical (unpaired) electrons. The minimum absolute atomic E-state index is 0.412. The van der Waals surface area contributed by atoms with Crippen LogP contribution in [0.4, 0.5) is 0 Å². The quantitative estimate of drug-likeness (QED) is 0.694. The van der Waals surface area contributed by atoms with E-state index in [1.54, 1.807) is 0 Å². The van der Waals surface area contributed by atoms with Gasteiger partial charge in [0.25, 0.3) is 0 Å². The molecular weight excluding hydrogens is 280 g/mol. The van der Waals surface area contributed by atoms with Crippen molar-refractivity contribution in [3.8, 4) is 6.07 Å². The summed E-state index contributed by atoms with van der Waals surface area (Å²) in [4.78, 5) is 8.90. The maximum Gasteiger partial charge on any atom is 0.188 e. The first kappa shape index (κ1) is 15.5. The summed E-state index contributed by atoms with van der Waals surface area (Å²) in [6.07, 6.45) is 0. The van der Waals surface area contributed by atoms with Crippen LogP contribution < -0.4 is 5.73 Å². The fraction of sp³-hybridized carbons (Fsp3) is 0.312. The van der Waals surface area contributed by atoms with E-state index in [1.165, 1.54) is 11.8 Å². The average molecular weight is 298 g/mol. The van der Waals surface area contributed by atoms with Gasteiger partial charge >= 0.3 is 0 Å². The Morgan fingerprint density at radius 2 is 1.71 bits per heavy atom. The molecule has 1 aromatic carbocycles. The number of hydrogen-bond donors (Lipinski definition) is 1. The van der Waals surface area contributed by atoms with Crippen molar-refractivity contribution in [2.24, 2.45) is 5.73 Å². The molecule has 0 aliphatic rings. The van der Waals surface area contributed by atoms with Gasteiger partial charge in [-0.3, -0.25) is 0 Å². The average Bonchev–Trinajstić information content (AvgIpc) is 2.51. The van der Waals surface area contributed by atoms with Crippen LogP contribution in [0.3, 0.4) is 0 Å². The van der Waals surface area contributed by atoms with Crippen LogP contribution in [0.5, 0.6) is 0 Å². The molecule has 21 heavy (non-hydrogen) atoms. The maximum atomic E-state index is 9.44. The molecule has 0 amide bonds. The van der Waals surface area contributed by atoms with Crippen LogP contribution in [-0.2, 0) is 5.54 Å². The summed E-state index contributed by atoms with van der Waals surface area (Å²) in [5.41, 5.74) is 9.02. The SMILES string of the molecule is Cc1nc(SCC(N)(C#N)c2ccccc2)nc(C)c1C. The zero-order valence-electron chi connectivity index (χ0n) is 12.4. The van der Waals surface area contributed by atoms with Gasteiger partial charge in [-0.15, -0.1) is 0 Å². The van der Waals surface area contributed by atoms with Crippen LogP contribution in [0.15, 0.2) is 35.5 Å². The van der Waals surface area contributed by atoms with Gasteiger partial charge in [-0.2, -0.15) is 5.26 Å². The highest BCUT2D eigenvalue weighted by molar-refractivity contribution is 7.99. The molecule has 2 rings (SSSR count). The molecule has 0 saturated carbocycles. The second kappa shape index (κ2) is 6.25. The normalized spacial score (nSPS) is 13.5. The second-order valence-corrected chi connectivity index (χ2v) is 5.98. The minimum atomic E-state index is -1.04. The predicted octanol–water partition coefficient (Wildman–Crippen LogP) is 2.87. The zero-order chi connectivity index (χ0) is 15.5. The van der Waals surface area contributed by atoms with E-state index >= 15 is 0 Å². The standard InChI is InChI=1S/C16H18N4S/c1-11-12(2)19-15(20-13(11)3)21-10-16(18,9-17)14-7-5-4-6-8-14/h4-8H,10,18H2,1-3H3. The number of thioether (sulfide) groups is 1. The molecule has 0 spiro atoms. The van der Waals surface area contributed by atoms with Gasteiger partial charge < -0.3 is 5.73 Å². The molecule has 2 N–H and O–H groups in total. The highest BCUT2D eigenvalue weighted by Crippen LogP contribution is 2.26. The Kier molecular flexibility index (Phi) is 4.61. The molecule has 1 unspecified atom stereocenters. The van der Waals surface area contributed by atoms with Gasteiger partial charge in [0.2, 0.25) is 0 Å². The van der Waals surface area contributed by atoms with E-state index < -0.39 is 5.54 Å². The highest BCUT2D eigenvalue weighted by atomic mass is 32.2. The molecule has 0 aliphatic heterocycles. The van der Waals surface area contributed by atoms with E-state index in [-0.39, 0.29) is 0 Å². The van der Waals surface area contributed by atoms with E-state index in [1.807, 2.05) is 51.1 Å². The largest absolute Gasteiger partial charge is 0.309 e. The van der Waals surface area contributed by atoms with Crippen molar-refractivity contribution in [1.29, 1.82) is 5.26 Å². The van der Waals surface area contributed by atoms with Crippen LogP contribution in [0.2, 0.25) is 0 Å². The van der Waals surface area contributed by atoms with Crippen LogP contribution >= 0.6 is 11.8 Å². The summed E-state index contributed by atoms with van der Waals surface area (Å²) < 4.78 is 0. The topological polar surface area (TPSA) is 75.6 Å². The number of nitrogens with zero attached hydrogens (tertiary/aromatic N) is 3. The Hall–Kier alpha value is -1.90. The predicted molar refractivity (Wildman–Crippen MR) is 84.9 cm³/mol. The first-order valence-electron chi connectivity index (χ1n) is 6.66. The van der Waals surface area contributed by atoms with Crippen LogP contribution in [0.25, 0.3) is 0 Å². The third-order valence-electron chi connectivity index (χ3n) is 3.53. The summed E-state index contributed by atoms with van der Waals surface area (Å²) in [6.45, 7) is 5.93. The lowest BCUT2D eigenvalue weighted by Crippen LogP contribution is -2.37. The summed E-state index contributed by atoms with van der Waals surface area (Å²) in [5, 5.41) is 10.1. The number of aryl methyl sites for hydroxylation is 2. The van der Waals surface area contributed by atoms with E-state index in [2.05, 4.69) is 16.0 Å². The first-order valence-corrected chi connectivity index (χ1v) is 7.65. The Bertz CT molecular complexity index is 655. The van der Waals surface area contributed by atoms with E-state index in [9.17, 15) is 5.26 Å². The van der Waals surface area contributed by atoms with Crippen molar-refractivity contribution < 1.29 is 0 Å². The Labute approximate surface area is 129 Å². The summed E-state index contributed by atoms with van der Waals surface area (Å²) in [7, 11) is 0. The van der Waals surface area contributed by atoms with Gasteiger partial charge in [-0.25, -0.2) is 9.97 Å². The Morgan fingerprint density at radius 1 is 1.14 bits per heavy atom. The number of benzene rings is 1. The van der Waals surface area contributed by atoms with Gasteiger partial charge in [-0.05, 0) is 31.9 Å². The number of nitrogens with two attached hydrogens (primary N) is 1. The third kappa shape index (κ3) is 3.41. The molecular formula is C16H18N4S. The summed E-state index contributed by atoms with van der Waals surface area (Å²) in [5.74, 6) is 0.412. The van der Waals surface area contributed by atoms with Gasteiger partial charge in [0, 0.05) is 17.1 Å². The lowest BCUT2D eigenvalue weighted by Gasteiger charge is -2.21. The molecule has 5 heteroatoms. The third-order valence-corrected chi connectivity index (χ3v) is 4.57. The van der Waals surface area contributed by atoms with Crippen LogP contribution in [-0.4, -0.2) is 15.7 Å². The molecule has 0 bridgehead atoms. The molecule has 1 aromatic heterocycles. The molecule has 0 fully saturated rings. The van der Waals surface area contributed by atoms with Crippen molar-refractivity contribution in [2.45, 2.75) is 31.5 Å². The van der Waals surface area contributed by atoms with Gasteiger partial charge in [-0.1, -0.05) is 42.1 Å². The van der Waals surface area contributed by atoms with Crippen molar-refractivity contribution >= 4 is 11.8 Å². The van der Waals surface area contributed by atoms with E-state index in [4.69, 9.17) is 5.73 Å². The molecule has 2 aromatic rings. The molecule has 4 nitrogen and oxygen atoms in total. The van der Waals surface area contributed by atoms with Crippen LogP contribution in [0.1, 0.15) is 22.5 Å². The molecule has 1 atom stereocenters. The Morgan fingerprint density at radius 3 is 2.24 bits per heavy atom. The first-order chi connectivity index (χ1) is 9.96. The minimum Gasteiger partial charge on any atom is -0.309 e. The van der Waals surface area contributed by atoms with Gasteiger partial charge in [0.1, 0.15) is 5.54 Å². The number of nitriles is 1. The van der Waals surface area contributed by atoms with E-state index in [0.29, 0.717) is 10.9 Å². The van der Waals surface area contributed by atoms with Crippen molar-refractivity contribution in [1.82, 2.24) is 9.97 Å². The molecule has 0 aliphatic carbocycles. The number of hydrogen-bond acceptors (Lipinski definition) is 5. The number of rotatable bonds is 4. The van der Waals surface area contributed by atoms with Gasteiger partial charge in [0.15, 0.2) is 5.16 Å². The monoisotopic (exact) mass is 298 g/mol. The summed E-state index contributed by atoms with van der Waals surface area (Å²) in [6, 6.07) is 11.6. The Balaban J connectivity index is 2.20. The fourth-order valence-electron chi connectivity index (χ4n) is 1.90. The summed E-state index contributed by atoms with van der Waals surface area (Å²) >= 11 is 1.41. The van der Waals surface area contributed by atoms with Crippen LogP contribution in [0, 0.1) is 32.1 Å². The van der Waals surface area contributed by atoms with Crippen molar-refractivity contribution in [3.05, 3.63) is 52.8 Å². The smallest absolute Gasteiger partial charge is 0.188 e. The maximum absolute atomic E-state index is 9.44. The lowest BCUT2D eigenvalue weighted by atomic mass is 9.95. The fourth-order valence-corrected chi connectivity index (χ4v) is 2.89. The number of aromatic nitrogens is 2. The molecule has 0 saturated heterocycles. The van der Waals surface area contributed by atoms with Crippen molar-refractivity contribution in [2.75, 3.05) is 5.75 Å². The molecule has 1 heterocycles.